The predicted molar refractivity (Wildman–Crippen MR) is 246 cm³/mol. The third kappa shape index (κ3) is 22.3. The van der Waals surface area contributed by atoms with Gasteiger partial charge in [0.25, 0.3) is 0 Å². The molecule has 0 radical (unpaired) electrons. The zero-order valence-corrected chi connectivity index (χ0v) is 39.4. The molecule has 0 spiro atoms. The summed E-state index contributed by atoms with van der Waals surface area (Å²) in [7, 11) is 0. The topological polar surface area (TPSA) is 411 Å². The highest BCUT2D eigenvalue weighted by molar-refractivity contribution is 5.98. The van der Waals surface area contributed by atoms with Crippen molar-refractivity contribution >= 4 is 70.9 Å². The zero-order chi connectivity index (χ0) is 51.8. The standard InChI is InChI=1S/C44H68N12O13/c1-5-24(4)38-44(69)54-28(13-15-32(45)58)41(66)55-31(20-33(46)59)42(67)53-27(39(64)48-17-7-6-8-36(62)51-29(18-23(2)3)40(65)50-21-34(47)60)14-16-35(61)49-22-37(63)52-30(43(68)56-38)19-25-9-11-26(57)12-10-25/h9-12,23-24,27-31,38,57H,5-8,13-22H2,1-4H3,(H2,45,58)(H2,46,59)(H2,47,60)(H,48,64)(H,49,61)(H,50,65)(H,51,62)(H,52,63)(H,53,67)(H,54,69)(H,55,66)(H,56,68)/t24-,27-,28-,29+,30-,31-,38-/m0/s1. The van der Waals surface area contributed by atoms with Gasteiger partial charge in [0.1, 0.15) is 42.0 Å². The number of nitrogens with one attached hydrogen (secondary N) is 9. The van der Waals surface area contributed by atoms with Crippen LogP contribution in [0.25, 0.3) is 0 Å². The zero-order valence-electron chi connectivity index (χ0n) is 39.4. The van der Waals surface area contributed by atoms with Crippen molar-refractivity contribution in [1.82, 2.24) is 47.9 Å². The average molecular weight is 973 g/mol. The van der Waals surface area contributed by atoms with Gasteiger partial charge in [0.05, 0.1) is 19.5 Å². The first-order valence-electron chi connectivity index (χ1n) is 22.7. The summed E-state index contributed by atoms with van der Waals surface area (Å²) in [6.45, 7) is 5.95. The fraction of sp³-hybridized carbons (Fsp3) is 0.591. The highest BCUT2D eigenvalue weighted by atomic mass is 16.3. The van der Waals surface area contributed by atoms with E-state index in [1.165, 1.54) is 24.3 Å². The van der Waals surface area contributed by atoms with Crippen LogP contribution >= 0.6 is 0 Å². The first-order valence-corrected chi connectivity index (χ1v) is 22.7. The molecular weight excluding hydrogens is 905 g/mol. The summed E-state index contributed by atoms with van der Waals surface area (Å²) in [6, 6.07) is -2.71. The lowest BCUT2D eigenvalue weighted by atomic mass is 9.96. The van der Waals surface area contributed by atoms with Crippen molar-refractivity contribution in [3.8, 4) is 5.75 Å². The summed E-state index contributed by atoms with van der Waals surface area (Å²) in [4.78, 5) is 156. The highest BCUT2D eigenvalue weighted by Crippen LogP contribution is 2.14. The van der Waals surface area contributed by atoms with Crippen molar-refractivity contribution in [3.05, 3.63) is 29.8 Å². The Morgan fingerprint density at radius 3 is 1.97 bits per heavy atom. The van der Waals surface area contributed by atoms with Gasteiger partial charge in [0, 0.05) is 32.2 Å². The summed E-state index contributed by atoms with van der Waals surface area (Å²) >= 11 is 0. The van der Waals surface area contributed by atoms with E-state index in [9.17, 15) is 62.6 Å². The minimum absolute atomic E-state index is 0.0106. The quantitative estimate of drug-likeness (QED) is 0.0522. The third-order valence-corrected chi connectivity index (χ3v) is 10.8. The second kappa shape index (κ2) is 29.4. The largest absolute Gasteiger partial charge is 0.508 e. The van der Waals surface area contributed by atoms with Gasteiger partial charge in [-0.2, -0.15) is 0 Å². The summed E-state index contributed by atoms with van der Waals surface area (Å²) in [5.74, 6) is -10.7. The summed E-state index contributed by atoms with van der Waals surface area (Å²) < 4.78 is 0. The molecule has 2 rings (SSSR count). The van der Waals surface area contributed by atoms with Crippen molar-refractivity contribution in [2.45, 2.75) is 135 Å². The van der Waals surface area contributed by atoms with Gasteiger partial charge in [-0.3, -0.25) is 57.5 Å². The van der Waals surface area contributed by atoms with Crippen LogP contribution in [0.4, 0.5) is 0 Å². The Balaban J connectivity index is 2.41. The van der Waals surface area contributed by atoms with E-state index in [1.807, 2.05) is 13.8 Å². The van der Waals surface area contributed by atoms with Crippen LogP contribution in [0.2, 0.25) is 0 Å². The molecule has 0 aliphatic carbocycles. The lowest BCUT2D eigenvalue weighted by Crippen LogP contribution is -2.61. The number of phenols is 1. The van der Waals surface area contributed by atoms with Crippen LogP contribution in [0.1, 0.15) is 97.5 Å². The van der Waals surface area contributed by atoms with Crippen LogP contribution in [0, 0.1) is 11.8 Å². The fourth-order valence-corrected chi connectivity index (χ4v) is 6.87. The smallest absolute Gasteiger partial charge is 0.243 e. The Labute approximate surface area is 399 Å². The number of amides is 12. The second-order valence-corrected chi connectivity index (χ2v) is 17.2. The Morgan fingerprint density at radius 2 is 1.36 bits per heavy atom. The molecule has 382 valence electrons. The molecule has 0 saturated carbocycles. The molecule has 1 heterocycles. The molecular formula is C44H68N12O13. The first-order chi connectivity index (χ1) is 32.5. The molecule has 1 aliphatic rings. The van der Waals surface area contributed by atoms with E-state index >= 15 is 0 Å². The minimum atomic E-state index is -1.76. The second-order valence-electron chi connectivity index (χ2n) is 17.2. The van der Waals surface area contributed by atoms with Crippen LogP contribution in [0.5, 0.6) is 5.75 Å². The highest BCUT2D eigenvalue weighted by Gasteiger charge is 2.35. The van der Waals surface area contributed by atoms with Crippen LogP contribution in [0.3, 0.4) is 0 Å². The van der Waals surface area contributed by atoms with Gasteiger partial charge in [0.15, 0.2) is 0 Å². The van der Waals surface area contributed by atoms with Crippen LogP contribution in [-0.2, 0) is 64.0 Å². The van der Waals surface area contributed by atoms with Gasteiger partial charge in [-0.1, -0.05) is 46.2 Å². The van der Waals surface area contributed by atoms with Gasteiger partial charge >= 0.3 is 0 Å². The van der Waals surface area contributed by atoms with Gasteiger partial charge in [-0.25, -0.2) is 0 Å². The molecule has 25 heteroatoms. The van der Waals surface area contributed by atoms with Crippen molar-refractivity contribution < 1.29 is 62.6 Å². The SMILES string of the molecule is CC[C@H](C)[C@@H]1NC(=O)[C@H](Cc2ccc(O)cc2)NC(=O)CNC(=O)CC[C@@H](C(=O)NCCCCC(=O)N[C@H](CC(C)C)C(=O)NCC(N)=O)NC(=O)[C@H](CC(N)=O)NC(=O)[C@H](CCC(N)=O)NC1=O. The molecule has 0 unspecified atom stereocenters. The molecule has 25 nitrogen and oxygen atoms in total. The Kier molecular flexibility index (Phi) is 24.6. The van der Waals surface area contributed by atoms with E-state index in [4.69, 9.17) is 17.2 Å². The van der Waals surface area contributed by atoms with E-state index in [1.54, 1.807) is 13.8 Å². The summed E-state index contributed by atoms with van der Waals surface area (Å²) in [5.41, 5.74) is 16.4. The maximum absolute atomic E-state index is 14.0. The normalized spacial score (nSPS) is 20.8. The van der Waals surface area contributed by atoms with Crippen LogP contribution in [-0.4, -0.2) is 132 Å². The monoisotopic (exact) mass is 973 g/mol. The average Bonchev–Trinajstić information content (AvgIpc) is 3.27. The van der Waals surface area contributed by atoms with Crippen molar-refractivity contribution in [1.29, 1.82) is 0 Å². The van der Waals surface area contributed by atoms with Gasteiger partial charge in [-0.05, 0) is 61.6 Å². The van der Waals surface area contributed by atoms with E-state index in [-0.39, 0.29) is 56.7 Å². The summed E-state index contributed by atoms with van der Waals surface area (Å²) in [5, 5.41) is 32.2. The number of phenolic OH excluding ortho intramolecular Hbond substituents is 1. The van der Waals surface area contributed by atoms with Crippen LogP contribution in [0.15, 0.2) is 24.3 Å². The number of primary amides is 3. The number of aromatic hydroxyl groups is 1. The van der Waals surface area contributed by atoms with Crippen molar-refractivity contribution in [3.63, 3.8) is 0 Å². The molecule has 1 aliphatic heterocycles. The van der Waals surface area contributed by atoms with Gasteiger partial charge in [-0.15, -0.1) is 0 Å². The number of nitrogens with two attached hydrogens (primary N) is 3. The molecule has 1 fully saturated rings. The van der Waals surface area contributed by atoms with Crippen LogP contribution < -0.4 is 65.1 Å². The first kappa shape index (κ1) is 57.8. The number of hydrogen-bond acceptors (Lipinski definition) is 13. The van der Waals surface area contributed by atoms with E-state index in [2.05, 4.69) is 47.9 Å². The Bertz CT molecular complexity index is 2020. The van der Waals surface area contributed by atoms with E-state index in [0.29, 0.717) is 12.0 Å². The van der Waals surface area contributed by atoms with Gasteiger partial charge < -0.3 is 70.2 Å². The number of carbonyl (C=O) groups excluding carboxylic acids is 12. The molecule has 1 saturated heterocycles. The minimum Gasteiger partial charge on any atom is -0.508 e. The molecule has 69 heavy (non-hydrogen) atoms. The summed E-state index contributed by atoms with van der Waals surface area (Å²) in [6.07, 6.45) is -1.63. The molecule has 1 aromatic rings. The number of hydrogen-bond donors (Lipinski definition) is 13. The molecule has 16 N–H and O–H groups in total. The fourth-order valence-electron chi connectivity index (χ4n) is 6.87. The molecule has 0 aromatic heterocycles. The Hall–Kier alpha value is -7.34. The van der Waals surface area contributed by atoms with Gasteiger partial charge in [0.2, 0.25) is 70.9 Å². The Morgan fingerprint density at radius 1 is 0.725 bits per heavy atom. The van der Waals surface area contributed by atoms with E-state index in [0.717, 1.165) is 0 Å². The lowest BCUT2D eigenvalue weighted by molar-refractivity contribution is -0.136. The lowest BCUT2D eigenvalue weighted by Gasteiger charge is -2.29. The molecule has 0 bridgehead atoms. The number of benzene rings is 1. The number of carbonyl (C=O) groups is 12. The maximum atomic E-state index is 14.0. The number of unbranched alkanes of at least 4 members (excludes halogenated alkanes) is 1. The van der Waals surface area contributed by atoms with Crippen molar-refractivity contribution in [2.75, 3.05) is 19.6 Å². The number of rotatable bonds is 21. The molecule has 1 aromatic carbocycles. The molecule has 7 atom stereocenters. The van der Waals surface area contributed by atoms with Crippen molar-refractivity contribution in [2.24, 2.45) is 29.0 Å². The van der Waals surface area contributed by atoms with E-state index < -0.39 is 152 Å². The third-order valence-electron chi connectivity index (χ3n) is 10.8. The molecule has 12 amide bonds. The maximum Gasteiger partial charge on any atom is 0.243 e. The predicted octanol–water partition coefficient (Wildman–Crippen LogP) is -4.13.